The van der Waals surface area contributed by atoms with Gasteiger partial charge in [0.15, 0.2) is 0 Å². The Morgan fingerprint density at radius 1 is 0.950 bits per heavy atom. The smallest absolute Gasteiger partial charge is 0.242 e. The maximum atomic E-state index is 11.5. The van der Waals surface area contributed by atoms with Crippen LogP contribution in [0.15, 0.2) is 70.6 Å². The van der Waals surface area contributed by atoms with Gasteiger partial charge in [0.2, 0.25) is 0 Å². The van der Waals surface area contributed by atoms with E-state index in [9.17, 15) is 4.79 Å². The maximum absolute atomic E-state index is 11.5. The first-order valence-corrected chi connectivity index (χ1v) is 6.05. The molecule has 0 amide bonds. The molecule has 98 valence electrons. The Morgan fingerprint density at radius 2 is 1.50 bits per heavy atom. The number of tetrazole rings is 1. The fourth-order valence-corrected chi connectivity index (χ4v) is 1.83. The van der Waals surface area contributed by atoms with Crippen LogP contribution in [0.3, 0.4) is 0 Å². The lowest BCUT2D eigenvalue weighted by atomic mass is 10.0. The summed E-state index contributed by atoms with van der Waals surface area (Å²) in [5.74, 6) is 0. The van der Waals surface area contributed by atoms with Crippen LogP contribution in [0.25, 0.3) is 0 Å². The molecular formula is C14H11N5O. The van der Waals surface area contributed by atoms with Gasteiger partial charge in [-0.2, -0.15) is 0 Å². The number of nitrogens with one attached hydrogen (secondary N) is 1. The number of nitrogens with zero attached hydrogens (tertiary/aromatic N) is 4. The van der Waals surface area contributed by atoms with Crippen molar-refractivity contribution < 1.29 is 0 Å². The lowest BCUT2D eigenvalue weighted by molar-refractivity contribution is 0.675. The Bertz CT molecular complexity index is 732. The number of hydrogen-bond donors (Lipinski definition) is 1. The summed E-state index contributed by atoms with van der Waals surface area (Å²) < 4.78 is 0. The summed E-state index contributed by atoms with van der Waals surface area (Å²) >= 11 is 0. The number of aromatic nitrogens is 4. The quantitative estimate of drug-likeness (QED) is 0.724. The average molecular weight is 265 g/mol. The molecule has 0 atom stereocenters. The number of hydrogen-bond acceptors (Lipinski definition) is 4. The molecule has 0 unspecified atom stereocenters. The first kappa shape index (κ1) is 12.0. The minimum atomic E-state index is -0.477. The molecule has 0 aliphatic rings. The van der Waals surface area contributed by atoms with E-state index in [2.05, 4.69) is 20.6 Å². The van der Waals surface area contributed by atoms with Gasteiger partial charge in [-0.05, 0) is 10.4 Å². The van der Waals surface area contributed by atoms with E-state index in [0.717, 1.165) is 15.9 Å². The van der Waals surface area contributed by atoms with Gasteiger partial charge in [-0.1, -0.05) is 65.5 Å². The summed E-state index contributed by atoms with van der Waals surface area (Å²) in [5.41, 5.74) is 1.97. The van der Waals surface area contributed by atoms with E-state index >= 15 is 0 Å². The van der Waals surface area contributed by atoms with Crippen molar-refractivity contribution in [1.29, 1.82) is 0 Å². The van der Waals surface area contributed by atoms with Gasteiger partial charge in [0.05, 0.1) is 0 Å². The molecule has 0 saturated heterocycles. The van der Waals surface area contributed by atoms with Gasteiger partial charge in [-0.15, -0.1) is 5.10 Å². The van der Waals surface area contributed by atoms with Crippen molar-refractivity contribution in [2.24, 2.45) is 5.10 Å². The Kier molecular flexibility index (Phi) is 3.20. The molecular weight excluding hydrogens is 254 g/mol. The third kappa shape index (κ3) is 2.39. The van der Waals surface area contributed by atoms with Crippen LogP contribution in [0.1, 0.15) is 11.1 Å². The first-order valence-electron chi connectivity index (χ1n) is 6.05. The van der Waals surface area contributed by atoms with Gasteiger partial charge in [0.1, 0.15) is 5.71 Å². The zero-order chi connectivity index (χ0) is 13.8. The molecule has 2 aromatic carbocycles. The maximum Gasteiger partial charge on any atom is 0.382 e. The van der Waals surface area contributed by atoms with Crippen molar-refractivity contribution >= 4 is 5.71 Å². The third-order valence-corrected chi connectivity index (χ3v) is 2.75. The molecule has 0 bridgehead atoms. The highest BCUT2D eigenvalue weighted by Crippen LogP contribution is 2.10. The van der Waals surface area contributed by atoms with Gasteiger partial charge in [-0.25, -0.2) is 9.89 Å². The van der Waals surface area contributed by atoms with E-state index in [4.69, 9.17) is 0 Å². The molecule has 20 heavy (non-hydrogen) atoms. The van der Waals surface area contributed by atoms with Crippen molar-refractivity contribution in [1.82, 2.24) is 20.3 Å². The van der Waals surface area contributed by atoms with E-state index in [1.165, 1.54) is 0 Å². The van der Waals surface area contributed by atoms with Gasteiger partial charge < -0.3 is 0 Å². The summed E-state index contributed by atoms with van der Waals surface area (Å²) in [6.07, 6.45) is 0. The Morgan fingerprint density at radius 3 is 1.95 bits per heavy atom. The zero-order valence-corrected chi connectivity index (χ0v) is 10.5. The van der Waals surface area contributed by atoms with Crippen molar-refractivity contribution in [3.8, 4) is 0 Å². The summed E-state index contributed by atoms with van der Waals surface area (Å²) in [4.78, 5) is 12.4. The van der Waals surface area contributed by atoms with Crippen LogP contribution >= 0.6 is 0 Å². The highest BCUT2D eigenvalue weighted by Gasteiger charge is 2.08. The molecule has 0 fully saturated rings. The molecule has 0 radical (unpaired) electrons. The van der Waals surface area contributed by atoms with Crippen LogP contribution in [0.5, 0.6) is 0 Å². The van der Waals surface area contributed by atoms with E-state index in [-0.39, 0.29) is 0 Å². The van der Waals surface area contributed by atoms with E-state index in [1.54, 1.807) is 0 Å². The molecule has 0 spiro atoms. The highest BCUT2D eigenvalue weighted by molar-refractivity contribution is 6.12. The summed E-state index contributed by atoms with van der Waals surface area (Å²) in [7, 11) is 0. The minimum Gasteiger partial charge on any atom is -0.242 e. The van der Waals surface area contributed by atoms with Crippen molar-refractivity contribution in [3.63, 3.8) is 0 Å². The second kappa shape index (κ2) is 5.31. The van der Waals surface area contributed by atoms with Crippen molar-refractivity contribution in [2.45, 2.75) is 0 Å². The van der Waals surface area contributed by atoms with Crippen LogP contribution in [0.4, 0.5) is 0 Å². The standard InChI is InChI=1S/C14H11N5O/c20-14-15-17-18-19(14)16-13(11-7-3-1-4-8-11)12-9-5-2-6-10-12/h1-10H,(H,15,18,20). The van der Waals surface area contributed by atoms with Crippen LogP contribution < -0.4 is 5.69 Å². The van der Waals surface area contributed by atoms with Crippen LogP contribution in [0, 0.1) is 0 Å². The van der Waals surface area contributed by atoms with Crippen molar-refractivity contribution in [3.05, 3.63) is 82.3 Å². The molecule has 1 heterocycles. The molecule has 6 heteroatoms. The molecule has 3 aromatic rings. The Balaban J connectivity index is 2.17. The van der Waals surface area contributed by atoms with Crippen molar-refractivity contribution in [2.75, 3.05) is 0 Å². The molecule has 1 N–H and O–H groups in total. The number of H-pyrrole nitrogens is 1. The second-order valence-corrected chi connectivity index (χ2v) is 4.08. The predicted octanol–water partition coefficient (Wildman–Crippen LogP) is 1.27. The van der Waals surface area contributed by atoms with Crippen LogP contribution in [-0.4, -0.2) is 26.0 Å². The summed E-state index contributed by atoms with van der Waals surface area (Å²) in [6, 6.07) is 19.2. The number of benzene rings is 2. The normalized spacial score (nSPS) is 10.2. The minimum absolute atomic E-state index is 0.477. The zero-order valence-electron chi connectivity index (χ0n) is 10.5. The van der Waals surface area contributed by atoms with Gasteiger partial charge in [0, 0.05) is 11.1 Å². The molecule has 3 rings (SSSR count). The molecule has 1 aromatic heterocycles. The molecule has 6 nitrogen and oxygen atoms in total. The summed E-state index contributed by atoms with van der Waals surface area (Å²) in [6.45, 7) is 0. The fraction of sp³-hybridized carbons (Fsp3) is 0. The Labute approximate surface area is 114 Å². The predicted molar refractivity (Wildman–Crippen MR) is 74.6 cm³/mol. The first-order chi connectivity index (χ1) is 9.84. The number of rotatable bonds is 3. The second-order valence-electron chi connectivity index (χ2n) is 4.08. The van der Waals surface area contributed by atoms with Gasteiger partial charge >= 0.3 is 5.69 Å². The average Bonchev–Trinajstić information content (AvgIpc) is 2.92. The van der Waals surface area contributed by atoms with Crippen LogP contribution in [-0.2, 0) is 0 Å². The Hall–Kier alpha value is -3.02. The summed E-state index contributed by atoms with van der Waals surface area (Å²) in [5, 5.41) is 13.5. The molecule has 0 saturated carbocycles. The van der Waals surface area contributed by atoms with E-state index in [0.29, 0.717) is 5.71 Å². The number of aromatic amines is 1. The van der Waals surface area contributed by atoms with E-state index < -0.39 is 5.69 Å². The highest BCUT2D eigenvalue weighted by atomic mass is 16.2. The third-order valence-electron chi connectivity index (χ3n) is 2.75. The largest absolute Gasteiger partial charge is 0.382 e. The van der Waals surface area contributed by atoms with Gasteiger partial charge in [-0.3, -0.25) is 0 Å². The monoisotopic (exact) mass is 265 g/mol. The molecule has 0 aliphatic carbocycles. The fourth-order valence-electron chi connectivity index (χ4n) is 1.83. The van der Waals surface area contributed by atoms with E-state index in [1.807, 2.05) is 60.7 Å². The molecule has 0 aliphatic heterocycles. The van der Waals surface area contributed by atoms with Gasteiger partial charge in [0.25, 0.3) is 0 Å². The SMILES string of the molecule is O=c1[nH]nnn1N=C(c1ccccc1)c1ccccc1. The lowest BCUT2D eigenvalue weighted by Gasteiger charge is -2.05. The topological polar surface area (TPSA) is 75.9 Å². The lowest BCUT2D eigenvalue weighted by Crippen LogP contribution is -2.17. The van der Waals surface area contributed by atoms with Crippen LogP contribution in [0.2, 0.25) is 0 Å².